The van der Waals surface area contributed by atoms with Gasteiger partial charge < -0.3 is 4.74 Å². The third-order valence-electron chi connectivity index (χ3n) is 2.88. The smallest absolute Gasteiger partial charge is 0.315 e. The van der Waals surface area contributed by atoms with E-state index < -0.39 is 11.5 Å². The van der Waals surface area contributed by atoms with Gasteiger partial charge in [-0.2, -0.15) is 0 Å². The Balaban J connectivity index is 2.70. The molecule has 0 radical (unpaired) electrons. The molecule has 0 fully saturated rings. The molecule has 0 unspecified atom stereocenters. The van der Waals surface area contributed by atoms with E-state index in [9.17, 15) is 14.0 Å². The molecule has 1 N–H and O–H groups in total. The molecule has 1 aromatic rings. The van der Waals surface area contributed by atoms with E-state index in [1.54, 1.807) is 19.1 Å². The molecule has 0 atom stereocenters. The van der Waals surface area contributed by atoms with Crippen LogP contribution in [0.15, 0.2) is 24.3 Å². The molecular weight excluding hydrogens is 287 g/mol. The Bertz CT molecular complexity index is 509. The predicted molar refractivity (Wildman–Crippen MR) is 81.1 cm³/mol. The second-order valence-corrected chi connectivity index (χ2v) is 5.84. The van der Waals surface area contributed by atoms with Crippen LogP contribution in [0.1, 0.15) is 39.7 Å². The normalized spacial score (nSPS) is 11.1. The van der Waals surface area contributed by atoms with E-state index in [-0.39, 0.29) is 24.8 Å². The average molecular weight is 310 g/mol. The third-order valence-corrected chi connectivity index (χ3v) is 2.88. The Labute approximate surface area is 130 Å². The second-order valence-electron chi connectivity index (χ2n) is 5.84. The first-order valence-electron chi connectivity index (χ1n) is 7.20. The molecule has 0 saturated carbocycles. The first-order chi connectivity index (χ1) is 10.2. The van der Waals surface area contributed by atoms with Crippen molar-refractivity contribution in [2.45, 2.75) is 46.2 Å². The maximum absolute atomic E-state index is 12.9. The highest BCUT2D eigenvalue weighted by atomic mass is 19.1. The Kier molecular flexibility index (Phi) is 6.49. The lowest BCUT2D eigenvalue weighted by molar-refractivity contribution is -0.152. The van der Waals surface area contributed by atoms with Crippen molar-refractivity contribution in [1.29, 1.82) is 0 Å². The van der Waals surface area contributed by atoms with Crippen molar-refractivity contribution >= 4 is 11.9 Å². The molecule has 5 nitrogen and oxygen atoms in total. The van der Waals surface area contributed by atoms with Crippen LogP contribution in [0, 0.1) is 5.82 Å². The van der Waals surface area contributed by atoms with Gasteiger partial charge in [0, 0.05) is 6.54 Å². The fraction of sp³-hybridized carbons (Fsp3) is 0.500. The van der Waals surface area contributed by atoms with Gasteiger partial charge in [-0.15, -0.1) is 0 Å². The maximum Gasteiger partial charge on any atom is 0.315 e. The minimum atomic E-state index is -0.551. The average Bonchev–Trinajstić information content (AvgIpc) is 2.39. The summed E-state index contributed by atoms with van der Waals surface area (Å²) in [5, 5.41) is 1.41. The summed E-state index contributed by atoms with van der Waals surface area (Å²) in [4.78, 5) is 23.7. The summed E-state index contributed by atoms with van der Waals surface area (Å²) in [7, 11) is 0. The molecule has 122 valence electrons. The molecule has 0 aliphatic carbocycles. The molecule has 6 heteroatoms. The first-order valence-corrected chi connectivity index (χ1v) is 7.20. The van der Waals surface area contributed by atoms with Crippen molar-refractivity contribution in [2.75, 3.05) is 6.61 Å². The molecule has 0 spiro atoms. The van der Waals surface area contributed by atoms with Crippen molar-refractivity contribution < 1.29 is 18.7 Å². The van der Waals surface area contributed by atoms with E-state index in [1.807, 2.05) is 20.8 Å². The Morgan fingerprint density at radius 3 is 2.32 bits per heavy atom. The topological polar surface area (TPSA) is 58.6 Å². The number of carbonyl (C=O) groups is 2. The van der Waals surface area contributed by atoms with Gasteiger partial charge in [-0.1, -0.05) is 12.1 Å². The van der Waals surface area contributed by atoms with Crippen LogP contribution in [0.5, 0.6) is 0 Å². The van der Waals surface area contributed by atoms with E-state index >= 15 is 0 Å². The number of hydrogen-bond acceptors (Lipinski definition) is 4. The maximum atomic E-state index is 12.9. The molecule has 1 rings (SSSR count). The molecule has 0 aliphatic heterocycles. The zero-order valence-electron chi connectivity index (χ0n) is 13.5. The lowest BCUT2D eigenvalue weighted by Crippen LogP contribution is -2.54. The van der Waals surface area contributed by atoms with Gasteiger partial charge in [-0.3, -0.25) is 14.6 Å². The van der Waals surface area contributed by atoms with Crippen molar-refractivity contribution in [3.05, 3.63) is 35.6 Å². The van der Waals surface area contributed by atoms with Gasteiger partial charge in [-0.25, -0.2) is 9.82 Å². The van der Waals surface area contributed by atoms with E-state index in [1.165, 1.54) is 17.1 Å². The lowest BCUT2D eigenvalue weighted by atomic mass is 10.1. The van der Waals surface area contributed by atoms with Gasteiger partial charge in [0.2, 0.25) is 5.91 Å². The number of ether oxygens (including phenoxy) is 1. The minimum Gasteiger partial charge on any atom is -0.466 e. The van der Waals surface area contributed by atoms with E-state index in [2.05, 4.69) is 5.43 Å². The standard InChI is InChI=1S/C16H23FN2O3/c1-5-22-15(21)10-14(20)19(16(2,3)4)18-11-12-6-8-13(17)9-7-12/h6-9,18H,5,10-11H2,1-4H3. The zero-order valence-corrected chi connectivity index (χ0v) is 13.5. The van der Waals surface area contributed by atoms with Crippen LogP contribution in [0.2, 0.25) is 0 Å². The number of amides is 1. The molecular formula is C16H23FN2O3. The SMILES string of the molecule is CCOC(=O)CC(=O)N(NCc1ccc(F)cc1)C(C)(C)C. The van der Waals surface area contributed by atoms with Crippen molar-refractivity contribution in [2.24, 2.45) is 0 Å². The molecule has 22 heavy (non-hydrogen) atoms. The van der Waals surface area contributed by atoms with Gasteiger partial charge >= 0.3 is 5.97 Å². The van der Waals surface area contributed by atoms with Crippen LogP contribution < -0.4 is 5.43 Å². The molecule has 1 aromatic carbocycles. The van der Waals surface area contributed by atoms with Crippen LogP contribution in [0.3, 0.4) is 0 Å². The Hall–Kier alpha value is -1.95. The number of esters is 1. The summed E-state index contributed by atoms with van der Waals surface area (Å²) in [6.07, 6.45) is -0.318. The van der Waals surface area contributed by atoms with Crippen LogP contribution in [0.4, 0.5) is 4.39 Å². The van der Waals surface area contributed by atoms with Gasteiger partial charge in [0.25, 0.3) is 0 Å². The van der Waals surface area contributed by atoms with Gasteiger partial charge in [0.15, 0.2) is 0 Å². The van der Waals surface area contributed by atoms with Crippen LogP contribution in [0.25, 0.3) is 0 Å². The first kappa shape index (κ1) is 18.1. The number of rotatable bonds is 6. The highest BCUT2D eigenvalue weighted by Crippen LogP contribution is 2.13. The fourth-order valence-electron chi connectivity index (χ4n) is 1.89. The summed E-state index contributed by atoms with van der Waals surface area (Å²) >= 11 is 0. The Morgan fingerprint density at radius 2 is 1.82 bits per heavy atom. The number of hydrazine groups is 1. The van der Waals surface area contributed by atoms with E-state index in [0.29, 0.717) is 6.54 Å². The van der Waals surface area contributed by atoms with Gasteiger partial charge in [-0.05, 0) is 45.4 Å². The number of nitrogens with zero attached hydrogens (tertiary/aromatic N) is 1. The van der Waals surface area contributed by atoms with Crippen molar-refractivity contribution in [1.82, 2.24) is 10.4 Å². The highest BCUT2D eigenvalue weighted by Gasteiger charge is 2.28. The third kappa shape index (κ3) is 5.81. The van der Waals surface area contributed by atoms with Crippen molar-refractivity contribution in [3.63, 3.8) is 0 Å². The molecule has 1 amide bonds. The van der Waals surface area contributed by atoms with Crippen LogP contribution >= 0.6 is 0 Å². The quantitative estimate of drug-likeness (QED) is 0.498. The molecule has 0 aliphatic rings. The fourth-order valence-corrected chi connectivity index (χ4v) is 1.89. The number of hydrogen-bond donors (Lipinski definition) is 1. The Morgan fingerprint density at radius 1 is 1.23 bits per heavy atom. The minimum absolute atomic E-state index is 0.241. The van der Waals surface area contributed by atoms with Crippen molar-refractivity contribution in [3.8, 4) is 0 Å². The predicted octanol–water partition coefficient (Wildman–Crippen LogP) is 2.41. The van der Waals surface area contributed by atoms with Gasteiger partial charge in [0.05, 0.1) is 12.1 Å². The largest absolute Gasteiger partial charge is 0.466 e. The van der Waals surface area contributed by atoms with Crippen LogP contribution in [-0.2, 0) is 20.9 Å². The lowest BCUT2D eigenvalue weighted by Gasteiger charge is -2.35. The molecule has 0 bridgehead atoms. The highest BCUT2D eigenvalue weighted by molar-refractivity contribution is 5.94. The summed E-state index contributed by atoms with van der Waals surface area (Å²) in [5.74, 6) is -1.23. The monoisotopic (exact) mass is 310 g/mol. The molecule has 0 aromatic heterocycles. The number of carbonyl (C=O) groups excluding carboxylic acids is 2. The number of benzene rings is 1. The molecule has 0 heterocycles. The van der Waals surface area contributed by atoms with Gasteiger partial charge in [0.1, 0.15) is 12.2 Å². The van der Waals surface area contributed by atoms with E-state index in [0.717, 1.165) is 5.56 Å². The molecule has 0 saturated heterocycles. The zero-order chi connectivity index (χ0) is 16.8. The summed E-state index contributed by atoms with van der Waals surface area (Å²) in [6.45, 7) is 7.85. The summed E-state index contributed by atoms with van der Waals surface area (Å²) in [5.41, 5.74) is 3.32. The van der Waals surface area contributed by atoms with E-state index in [4.69, 9.17) is 4.74 Å². The van der Waals surface area contributed by atoms with Crippen LogP contribution in [-0.4, -0.2) is 29.0 Å². The summed E-state index contributed by atoms with van der Waals surface area (Å²) in [6, 6.07) is 6.00. The number of nitrogens with one attached hydrogen (secondary N) is 1. The second kappa shape index (κ2) is 7.89. The number of halogens is 1. The summed E-state index contributed by atoms with van der Waals surface area (Å²) < 4.78 is 17.7.